The minimum atomic E-state index is -0.127. The summed E-state index contributed by atoms with van der Waals surface area (Å²) in [5, 5.41) is 0. The molecule has 0 bridgehead atoms. The number of hydrogen-bond donors (Lipinski definition) is 0. The largest absolute Gasteiger partial charge is 0.205 e. The molecule has 0 spiro atoms. The molecule has 0 radical (unpaired) electrons. The van der Waals surface area contributed by atoms with E-state index in [1.54, 1.807) is 0 Å². The third kappa shape index (κ3) is 1.40. The highest BCUT2D eigenvalue weighted by molar-refractivity contribution is 9.10. The molecule has 86 valence electrons. The van der Waals surface area contributed by atoms with Gasteiger partial charge in [0.05, 0.1) is 4.47 Å². The van der Waals surface area contributed by atoms with Gasteiger partial charge in [0, 0.05) is 5.56 Å². The first-order valence-electron chi connectivity index (χ1n) is 5.66. The molecular formula is C15H12BrF. The van der Waals surface area contributed by atoms with Crippen LogP contribution in [0, 0.1) is 19.7 Å². The molecule has 3 rings (SSSR count). The van der Waals surface area contributed by atoms with Crippen molar-refractivity contribution >= 4 is 15.9 Å². The van der Waals surface area contributed by atoms with Crippen molar-refractivity contribution in [3.05, 3.63) is 56.8 Å². The average Bonchev–Trinajstić information content (AvgIpc) is 2.73. The van der Waals surface area contributed by atoms with Crippen molar-refractivity contribution in [1.29, 1.82) is 0 Å². The summed E-state index contributed by atoms with van der Waals surface area (Å²) in [5.74, 6) is -0.127. The molecule has 0 unspecified atom stereocenters. The summed E-state index contributed by atoms with van der Waals surface area (Å²) in [6, 6.07) is 8.24. The van der Waals surface area contributed by atoms with E-state index in [-0.39, 0.29) is 5.82 Å². The van der Waals surface area contributed by atoms with E-state index in [0.717, 1.165) is 28.7 Å². The monoisotopic (exact) mass is 290 g/mol. The Kier molecular flexibility index (Phi) is 2.37. The van der Waals surface area contributed by atoms with Crippen molar-refractivity contribution in [3.8, 4) is 11.1 Å². The van der Waals surface area contributed by atoms with Gasteiger partial charge in [0.2, 0.25) is 0 Å². The molecule has 0 atom stereocenters. The lowest BCUT2D eigenvalue weighted by molar-refractivity contribution is 0.610. The highest BCUT2D eigenvalue weighted by Gasteiger charge is 2.26. The zero-order valence-corrected chi connectivity index (χ0v) is 11.4. The topological polar surface area (TPSA) is 0 Å². The van der Waals surface area contributed by atoms with Gasteiger partial charge >= 0.3 is 0 Å². The first kappa shape index (κ1) is 11.0. The van der Waals surface area contributed by atoms with Crippen LogP contribution in [0.3, 0.4) is 0 Å². The zero-order chi connectivity index (χ0) is 12.2. The molecule has 0 saturated heterocycles. The fourth-order valence-corrected chi connectivity index (χ4v) is 3.35. The second kappa shape index (κ2) is 3.67. The van der Waals surface area contributed by atoms with Crippen LogP contribution in [0.5, 0.6) is 0 Å². The Morgan fingerprint density at radius 2 is 1.82 bits per heavy atom. The molecular weight excluding hydrogens is 279 g/mol. The van der Waals surface area contributed by atoms with E-state index in [2.05, 4.69) is 28.1 Å². The molecule has 0 N–H and O–H groups in total. The van der Waals surface area contributed by atoms with Gasteiger partial charge in [0.1, 0.15) is 5.82 Å². The standard InChI is InChI=1S/C15H12BrF/c1-8-9(2)15(17)14(16)13-11-6-4-3-5-10(11)7-12(8)13/h3-6H,7H2,1-2H3. The van der Waals surface area contributed by atoms with Crippen molar-refractivity contribution in [2.45, 2.75) is 20.3 Å². The molecule has 0 heterocycles. The van der Waals surface area contributed by atoms with Crippen molar-refractivity contribution in [2.75, 3.05) is 0 Å². The predicted octanol–water partition coefficient (Wildman–Crippen LogP) is 4.78. The van der Waals surface area contributed by atoms with Gasteiger partial charge in [0.25, 0.3) is 0 Å². The van der Waals surface area contributed by atoms with Crippen molar-refractivity contribution < 1.29 is 4.39 Å². The van der Waals surface area contributed by atoms with E-state index >= 15 is 0 Å². The Hall–Kier alpha value is -1.15. The molecule has 0 aromatic heterocycles. The number of halogens is 2. The summed E-state index contributed by atoms with van der Waals surface area (Å²) < 4.78 is 14.7. The molecule has 2 aromatic rings. The summed E-state index contributed by atoms with van der Waals surface area (Å²) in [4.78, 5) is 0. The van der Waals surface area contributed by atoms with Crippen LogP contribution in [-0.2, 0) is 6.42 Å². The highest BCUT2D eigenvalue weighted by Crippen LogP contribution is 2.44. The van der Waals surface area contributed by atoms with Gasteiger partial charge in [-0.2, -0.15) is 0 Å². The van der Waals surface area contributed by atoms with E-state index in [1.165, 1.54) is 11.1 Å². The van der Waals surface area contributed by atoms with Crippen LogP contribution in [-0.4, -0.2) is 0 Å². The maximum absolute atomic E-state index is 14.1. The summed E-state index contributed by atoms with van der Waals surface area (Å²) >= 11 is 3.41. The summed E-state index contributed by atoms with van der Waals surface area (Å²) in [5.41, 5.74) is 6.59. The normalized spacial score (nSPS) is 12.5. The molecule has 0 aliphatic heterocycles. The van der Waals surface area contributed by atoms with E-state index in [1.807, 2.05) is 26.0 Å². The van der Waals surface area contributed by atoms with Gasteiger partial charge in [-0.25, -0.2) is 4.39 Å². The first-order chi connectivity index (χ1) is 8.11. The Morgan fingerprint density at radius 3 is 2.59 bits per heavy atom. The number of rotatable bonds is 0. The summed E-state index contributed by atoms with van der Waals surface area (Å²) in [6.45, 7) is 3.86. The van der Waals surface area contributed by atoms with E-state index < -0.39 is 0 Å². The maximum atomic E-state index is 14.1. The quantitative estimate of drug-likeness (QED) is 0.559. The lowest BCUT2D eigenvalue weighted by atomic mass is 9.97. The minimum absolute atomic E-state index is 0.127. The minimum Gasteiger partial charge on any atom is -0.205 e. The van der Waals surface area contributed by atoms with Gasteiger partial charge in [-0.1, -0.05) is 24.3 Å². The van der Waals surface area contributed by atoms with Crippen molar-refractivity contribution in [3.63, 3.8) is 0 Å². The fourth-order valence-electron chi connectivity index (χ4n) is 2.60. The molecule has 0 fully saturated rings. The first-order valence-corrected chi connectivity index (χ1v) is 6.46. The number of hydrogen-bond acceptors (Lipinski definition) is 0. The fraction of sp³-hybridized carbons (Fsp3) is 0.200. The molecule has 1 aliphatic rings. The Bertz CT molecular complexity index is 629. The Balaban J connectivity index is 2.41. The number of benzene rings is 2. The average molecular weight is 291 g/mol. The van der Waals surface area contributed by atoms with Gasteiger partial charge in [0.15, 0.2) is 0 Å². The van der Waals surface area contributed by atoms with Gasteiger partial charge < -0.3 is 0 Å². The smallest absolute Gasteiger partial charge is 0.141 e. The second-order valence-electron chi connectivity index (χ2n) is 4.57. The lowest BCUT2D eigenvalue weighted by Crippen LogP contribution is -1.96. The van der Waals surface area contributed by atoms with E-state index in [9.17, 15) is 4.39 Å². The Labute approximate surface area is 109 Å². The molecule has 2 aromatic carbocycles. The second-order valence-corrected chi connectivity index (χ2v) is 5.36. The van der Waals surface area contributed by atoms with Gasteiger partial charge in [-0.05, 0) is 64.0 Å². The molecule has 2 heteroatoms. The number of fused-ring (bicyclic) bond motifs is 3. The predicted molar refractivity (Wildman–Crippen MR) is 71.8 cm³/mol. The molecule has 0 saturated carbocycles. The molecule has 0 amide bonds. The van der Waals surface area contributed by atoms with Crippen molar-refractivity contribution in [2.24, 2.45) is 0 Å². The maximum Gasteiger partial charge on any atom is 0.141 e. The molecule has 0 nitrogen and oxygen atoms in total. The van der Waals surface area contributed by atoms with Crippen LogP contribution in [0.15, 0.2) is 28.7 Å². The van der Waals surface area contributed by atoms with Crippen LogP contribution in [0.2, 0.25) is 0 Å². The van der Waals surface area contributed by atoms with Crippen LogP contribution in [0.1, 0.15) is 22.3 Å². The zero-order valence-electron chi connectivity index (χ0n) is 9.77. The Morgan fingerprint density at radius 1 is 1.12 bits per heavy atom. The highest BCUT2D eigenvalue weighted by atomic mass is 79.9. The summed E-state index contributed by atoms with van der Waals surface area (Å²) in [6.07, 6.45) is 0.914. The summed E-state index contributed by atoms with van der Waals surface area (Å²) in [7, 11) is 0. The third-order valence-corrected chi connectivity index (χ3v) is 4.46. The third-order valence-electron chi connectivity index (χ3n) is 3.71. The SMILES string of the molecule is Cc1c(C)c2c(c(Br)c1F)-c1ccccc1C2. The van der Waals surface area contributed by atoms with Gasteiger partial charge in [-0.15, -0.1) is 0 Å². The molecule has 1 aliphatic carbocycles. The molecule has 17 heavy (non-hydrogen) atoms. The lowest BCUT2D eigenvalue weighted by Gasteiger charge is -2.12. The van der Waals surface area contributed by atoms with Gasteiger partial charge in [-0.3, -0.25) is 0 Å². The van der Waals surface area contributed by atoms with Crippen LogP contribution in [0.4, 0.5) is 4.39 Å². The van der Waals surface area contributed by atoms with E-state index in [4.69, 9.17) is 0 Å². The van der Waals surface area contributed by atoms with E-state index in [0.29, 0.717) is 4.47 Å². The van der Waals surface area contributed by atoms with Crippen LogP contribution >= 0.6 is 15.9 Å². The van der Waals surface area contributed by atoms with Crippen LogP contribution < -0.4 is 0 Å². The van der Waals surface area contributed by atoms with Crippen molar-refractivity contribution in [1.82, 2.24) is 0 Å². The van der Waals surface area contributed by atoms with Crippen LogP contribution in [0.25, 0.3) is 11.1 Å².